The Morgan fingerprint density at radius 1 is 1.18 bits per heavy atom. The van der Waals surface area contributed by atoms with E-state index in [0.717, 1.165) is 70.8 Å². The highest BCUT2D eigenvalue weighted by atomic mass is 16.7. The number of hydrogen-bond donors (Lipinski definition) is 2. The molecule has 0 spiro atoms. The van der Waals surface area contributed by atoms with E-state index in [2.05, 4.69) is 37.8 Å². The first kappa shape index (κ1) is 27.2. The summed E-state index contributed by atoms with van der Waals surface area (Å²) in [6.07, 6.45) is 16.5. The number of carbonyl (C=O) groups is 1. The summed E-state index contributed by atoms with van der Waals surface area (Å²) in [6, 6.07) is 0. The van der Waals surface area contributed by atoms with Gasteiger partial charge in [0, 0.05) is 25.4 Å². The minimum Gasteiger partial charge on any atom is -0.481 e. The van der Waals surface area contributed by atoms with Crippen LogP contribution in [0.2, 0.25) is 0 Å². The smallest absolute Gasteiger partial charge is 0.303 e. The molecular weight excluding hydrogens is 428 g/mol. The molecule has 2 saturated carbocycles. The third-order valence-corrected chi connectivity index (χ3v) is 7.78. The first-order chi connectivity index (χ1) is 16.4. The fourth-order valence-corrected chi connectivity index (χ4v) is 5.43. The normalized spacial score (nSPS) is 31.2. The SMILES string of the molecule is C[C@@H]1C[C@H](O)[C@H](CCCCCCC(=O)O)[C@H]1/C=C/[C@@H](OC1CCCCO1)[C@@H](C)CC#CC1CC1. The maximum Gasteiger partial charge on any atom is 0.303 e. The van der Waals surface area contributed by atoms with E-state index in [0.29, 0.717) is 23.7 Å². The van der Waals surface area contributed by atoms with Gasteiger partial charge in [0.15, 0.2) is 6.29 Å². The fraction of sp³-hybridized carbons (Fsp3) is 0.828. The Hall–Kier alpha value is -1.35. The molecule has 3 aliphatic rings. The van der Waals surface area contributed by atoms with Crippen molar-refractivity contribution in [2.24, 2.45) is 29.6 Å². The van der Waals surface area contributed by atoms with Crippen LogP contribution >= 0.6 is 0 Å². The molecule has 1 unspecified atom stereocenters. The van der Waals surface area contributed by atoms with Gasteiger partial charge < -0.3 is 19.7 Å². The van der Waals surface area contributed by atoms with Gasteiger partial charge in [-0.05, 0) is 75.0 Å². The van der Waals surface area contributed by atoms with Gasteiger partial charge in [-0.1, -0.05) is 51.2 Å². The molecule has 7 atom stereocenters. The minimum absolute atomic E-state index is 0.0294. The molecule has 0 aromatic carbocycles. The van der Waals surface area contributed by atoms with Crippen molar-refractivity contribution in [1.29, 1.82) is 0 Å². The summed E-state index contributed by atoms with van der Waals surface area (Å²) in [6.45, 7) is 5.24. The lowest BCUT2D eigenvalue weighted by molar-refractivity contribution is -0.186. The largest absolute Gasteiger partial charge is 0.481 e. The molecular formula is C29H46O5. The molecule has 1 saturated heterocycles. The van der Waals surface area contributed by atoms with Crippen molar-refractivity contribution >= 4 is 5.97 Å². The summed E-state index contributed by atoms with van der Waals surface area (Å²) < 4.78 is 12.3. The summed E-state index contributed by atoms with van der Waals surface area (Å²) in [5.74, 6) is 8.02. The molecule has 3 rings (SSSR count). The van der Waals surface area contributed by atoms with E-state index in [1.807, 2.05) is 0 Å². The molecule has 2 aliphatic carbocycles. The molecule has 1 aliphatic heterocycles. The molecule has 0 aromatic heterocycles. The molecule has 0 amide bonds. The van der Waals surface area contributed by atoms with Gasteiger partial charge in [-0.2, -0.15) is 0 Å². The lowest BCUT2D eigenvalue weighted by atomic mass is 9.85. The van der Waals surface area contributed by atoms with Crippen molar-refractivity contribution in [3.63, 3.8) is 0 Å². The molecule has 1 heterocycles. The number of hydrogen-bond acceptors (Lipinski definition) is 4. The third kappa shape index (κ3) is 9.36. The van der Waals surface area contributed by atoms with Crippen LogP contribution < -0.4 is 0 Å². The van der Waals surface area contributed by atoms with E-state index < -0.39 is 5.97 Å². The molecule has 0 bridgehead atoms. The number of aliphatic hydroxyl groups is 1. The Morgan fingerprint density at radius 3 is 2.68 bits per heavy atom. The van der Waals surface area contributed by atoms with Crippen LogP contribution in [-0.4, -0.2) is 41.3 Å². The number of carboxylic acid groups (broad SMARTS) is 1. The topological polar surface area (TPSA) is 76.0 Å². The maximum atomic E-state index is 10.7. The fourth-order valence-electron chi connectivity index (χ4n) is 5.43. The standard InChI is InChI=1S/C29H46O5/c1-21(10-9-11-23-15-16-23)27(34-29-14-7-8-19-33-29)18-17-24-22(2)20-26(30)25(24)12-5-3-4-6-13-28(31)32/h17-18,21-27,29-30H,3-8,10,12-16,19-20H2,1-2H3,(H,31,32)/b18-17+/t21-,22+,24-,25+,26-,27+,29?/m0/s1. The van der Waals surface area contributed by atoms with Crippen LogP contribution in [0.1, 0.15) is 97.3 Å². The van der Waals surface area contributed by atoms with Gasteiger partial charge in [-0.25, -0.2) is 0 Å². The quantitative estimate of drug-likeness (QED) is 0.196. The molecule has 192 valence electrons. The Balaban J connectivity index is 1.56. The van der Waals surface area contributed by atoms with Crippen molar-refractivity contribution in [2.45, 2.75) is 116 Å². The Labute approximate surface area is 206 Å². The Morgan fingerprint density at radius 2 is 1.97 bits per heavy atom. The molecule has 5 nitrogen and oxygen atoms in total. The van der Waals surface area contributed by atoms with Gasteiger partial charge in [-0.3, -0.25) is 4.79 Å². The predicted octanol–water partition coefficient (Wildman–Crippen LogP) is 5.95. The van der Waals surface area contributed by atoms with Crippen molar-refractivity contribution in [3.05, 3.63) is 12.2 Å². The van der Waals surface area contributed by atoms with Crippen LogP contribution in [0.4, 0.5) is 0 Å². The van der Waals surface area contributed by atoms with Gasteiger partial charge in [0.25, 0.3) is 0 Å². The van der Waals surface area contributed by atoms with Crippen LogP contribution in [0.25, 0.3) is 0 Å². The van der Waals surface area contributed by atoms with Gasteiger partial charge in [-0.15, -0.1) is 5.92 Å². The van der Waals surface area contributed by atoms with Crippen molar-refractivity contribution in [2.75, 3.05) is 6.61 Å². The Bertz CT molecular complexity index is 697. The maximum absolute atomic E-state index is 10.7. The van der Waals surface area contributed by atoms with E-state index in [1.54, 1.807) is 0 Å². The number of aliphatic carboxylic acids is 1. The zero-order valence-electron chi connectivity index (χ0n) is 21.3. The second-order valence-electron chi connectivity index (χ2n) is 10.9. The zero-order valence-corrected chi connectivity index (χ0v) is 21.3. The van der Waals surface area contributed by atoms with Crippen molar-refractivity contribution in [3.8, 4) is 11.8 Å². The van der Waals surface area contributed by atoms with E-state index in [1.165, 1.54) is 12.8 Å². The molecule has 2 N–H and O–H groups in total. The number of ether oxygens (including phenoxy) is 2. The molecule has 0 radical (unpaired) electrons. The second-order valence-corrected chi connectivity index (χ2v) is 10.9. The van der Waals surface area contributed by atoms with Crippen LogP contribution in [0, 0.1) is 41.4 Å². The average molecular weight is 475 g/mol. The summed E-state index contributed by atoms with van der Waals surface area (Å²) in [4.78, 5) is 10.7. The number of rotatable bonds is 13. The van der Waals surface area contributed by atoms with Crippen LogP contribution in [0.3, 0.4) is 0 Å². The number of aliphatic hydroxyl groups excluding tert-OH is 1. The highest BCUT2D eigenvalue weighted by Crippen LogP contribution is 2.41. The average Bonchev–Trinajstić information content (AvgIpc) is 3.59. The van der Waals surface area contributed by atoms with Crippen molar-refractivity contribution in [1.82, 2.24) is 0 Å². The molecule has 0 aromatic rings. The summed E-state index contributed by atoms with van der Waals surface area (Å²) in [5, 5.41) is 19.5. The second kappa shape index (κ2) is 14.3. The van der Waals surface area contributed by atoms with Crippen LogP contribution in [0.5, 0.6) is 0 Å². The zero-order chi connectivity index (χ0) is 24.3. The minimum atomic E-state index is -0.714. The first-order valence-corrected chi connectivity index (χ1v) is 13.8. The van der Waals surface area contributed by atoms with E-state index in [-0.39, 0.29) is 30.8 Å². The monoisotopic (exact) mass is 474 g/mol. The number of carboxylic acids is 1. The summed E-state index contributed by atoms with van der Waals surface area (Å²) >= 11 is 0. The van der Waals surface area contributed by atoms with Crippen LogP contribution in [-0.2, 0) is 14.3 Å². The van der Waals surface area contributed by atoms with E-state index in [9.17, 15) is 9.90 Å². The lowest BCUT2D eigenvalue weighted by Gasteiger charge is -2.29. The molecule has 3 fully saturated rings. The molecule has 34 heavy (non-hydrogen) atoms. The lowest BCUT2D eigenvalue weighted by Crippen LogP contribution is -2.30. The Kier molecular flexibility index (Phi) is 11.4. The number of unbranched alkanes of at least 4 members (excludes halogenated alkanes) is 3. The summed E-state index contributed by atoms with van der Waals surface area (Å²) in [5.41, 5.74) is 0. The van der Waals surface area contributed by atoms with E-state index >= 15 is 0 Å². The summed E-state index contributed by atoms with van der Waals surface area (Å²) in [7, 11) is 0. The highest BCUT2D eigenvalue weighted by Gasteiger charge is 2.38. The van der Waals surface area contributed by atoms with Gasteiger partial charge in [0.1, 0.15) is 0 Å². The van der Waals surface area contributed by atoms with Gasteiger partial charge in [0.05, 0.1) is 12.2 Å². The van der Waals surface area contributed by atoms with E-state index in [4.69, 9.17) is 14.6 Å². The van der Waals surface area contributed by atoms with Crippen molar-refractivity contribution < 1.29 is 24.5 Å². The molecule has 5 heteroatoms. The predicted molar refractivity (Wildman–Crippen MR) is 134 cm³/mol. The number of allylic oxidation sites excluding steroid dienone is 1. The van der Waals surface area contributed by atoms with Crippen LogP contribution in [0.15, 0.2) is 12.2 Å². The van der Waals surface area contributed by atoms with Gasteiger partial charge >= 0.3 is 5.97 Å². The van der Waals surface area contributed by atoms with Gasteiger partial charge in [0.2, 0.25) is 0 Å². The highest BCUT2D eigenvalue weighted by molar-refractivity contribution is 5.66. The first-order valence-electron chi connectivity index (χ1n) is 13.8. The third-order valence-electron chi connectivity index (χ3n) is 7.78.